The van der Waals surface area contributed by atoms with Crippen LogP contribution < -0.4 is 4.74 Å². The Morgan fingerprint density at radius 2 is 1.83 bits per heavy atom. The summed E-state index contributed by atoms with van der Waals surface area (Å²) in [7, 11) is -3.49. The Balaban J connectivity index is 1.44. The van der Waals surface area contributed by atoms with Crippen LogP contribution in [0.1, 0.15) is 39.5 Å². The van der Waals surface area contributed by atoms with Crippen LogP contribution in [-0.4, -0.2) is 81.2 Å². The summed E-state index contributed by atoms with van der Waals surface area (Å²) in [5.74, 6) is -0.455. The van der Waals surface area contributed by atoms with Crippen LogP contribution in [0, 0.1) is 11.7 Å². The lowest BCUT2D eigenvalue weighted by atomic mass is 9.85. The minimum absolute atomic E-state index is 0.0160. The molecule has 1 aromatic carbocycles. The number of sulfone groups is 1. The first kappa shape index (κ1) is 27.5. The summed E-state index contributed by atoms with van der Waals surface area (Å²) in [5, 5.41) is 0. The number of carbonyl (C=O) groups excluding carboxylic acids is 1. The molecule has 1 aromatic rings. The van der Waals surface area contributed by atoms with Gasteiger partial charge in [-0.1, -0.05) is 0 Å². The SMILES string of the molecule is C[C@@H]1CN(C(=O)O[C@@H](C)C(F)(F)F)CCN1C1CCC(COc2ccc(S(C)(=O)=O)cc2F)CC1. The van der Waals surface area contributed by atoms with Gasteiger partial charge in [-0.25, -0.2) is 17.6 Å². The molecule has 0 spiro atoms. The largest absolute Gasteiger partial charge is 0.490 e. The standard InChI is InChI=1S/C23H32F4N2O5S/c1-15-13-28(22(30)34-16(2)23(25,26)27)10-11-29(15)18-6-4-17(5-7-18)14-33-21-9-8-19(12-20(21)24)35(3,31)32/h8-9,12,15-18H,4-7,10-11,13-14H2,1-3H3/t15-,16+,17?,18?/m1/s1. The molecule has 1 saturated carbocycles. The monoisotopic (exact) mass is 524 g/mol. The number of ether oxygens (including phenoxy) is 2. The zero-order valence-corrected chi connectivity index (χ0v) is 20.9. The normalized spacial score (nSPS) is 25.2. The van der Waals surface area contributed by atoms with Crippen molar-refractivity contribution in [2.24, 2.45) is 5.92 Å². The third-order valence-corrected chi connectivity index (χ3v) is 7.88. The van der Waals surface area contributed by atoms with E-state index < -0.39 is 34.0 Å². The predicted octanol–water partition coefficient (Wildman–Crippen LogP) is 4.26. The number of alkyl halides is 3. The molecule has 1 aliphatic heterocycles. The van der Waals surface area contributed by atoms with Crippen LogP contribution in [-0.2, 0) is 14.6 Å². The molecule has 198 valence electrons. The Bertz CT molecular complexity index is 996. The number of benzene rings is 1. The molecule has 1 aliphatic carbocycles. The molecule has 0 bridgehead atoms. The highest BCUT2D eigenvalue weighted by Crippen LogP contribution is 2.31. The summed E-state index contributed by atoms with van der Waals surface area (Å²) in [6.07, 6.45) is -3.14. The molecular formula is C23H32F4N2O5S. The van der Waals surface area contributed by atoms with Crippen LogP contribution in [0.4, 0.5) is 22.4 Å². The lowest BCUT2D eigenvalue weighted by Gasteiger charge is -2.45. The average Bonchev–Trinajstić information content (AvgIpc) is 2.77. The molecule has 0 N–H and O–H groups in total. The molecule has 2 atom stereocenters. The summed E-state index contributed by atoms with van der Waals surface area (Å²) in [6, 6.07) is 3.89. The van der Waals surface area contributed by atoms with Crippen molar-refractivity contribution in [3.63, 3.8) is 0 Å². The van der Waals surface area contributed by atoms with Gasteiger partial charge in [0.05, 0.1) is 11.5 Å². The van der Waals surface area contributed by atoms with E-state index in [1.54, 1.807) is 0 Å². The summed E-state index contributed by atoms with van der Waals surface area (Å²) in [4.78, 5) is 15.6. The van der Waals surface area contributed by atoms with Crippen molar-refractivity contribution in [1.82, 2.24) is 9.80 Å². The Morgan fingerprint density at radius 3 is 2.37 bits per heavy atom. The first-order valence-electron chi connectivity index (χ1n) is 11.7. The lowest BCUT2D eigenvalue weighted by molar-refractivity contribution is -0.200. The number of hydrogen-bond acceptors (Lipinski definition) is 6. The fourth-order valence-electron chi connectivity index (χ4n) is 4.65. The van der Waals surface area contributed by atoms with E-state index in [-0.39, 0.29) is 22.6 Å². The molecule has 0 aromatic heterocycles. The lowest BCUT2D eigenvalue weighted by Crippen LogP contribution is -2.57. The van der Waals surface area contributed by atoms with Crippen molar-refractivity contribution in [3.05, 3.63) is 24.0 Å². The zero-order valence-electron chi connectivity index (χ0n) is 20.1. The first-order valence-corrected chi connectivity index (χ1v) is 13.5. The highest BCUT2D eigenvalue weighted by atomic mass is 32.2. The van der Waals surface area contributed by atoms with Crippen molar-refractivity contribution in [1.29, 1.82) is 0 Å². The van der Waals surface area contributed by atoms with Gasteiger partial charge in [-0.2, -0.15) is 13.2 Å². The summed E-state index contributed by atoms with van der Waals surface area (Å²) in [5.41, 5.74) is 0. The molecule has 0 radical (unpaired) electrons. The highest BCUT2D eigenvalue weighted by molar-refractivity contribution is 7.90. The predicted molar refractivity (Wildman–Crippen MR) is 120 cm³/mol. The van der Waals surface area contributed by atoms with Crippen LogP contribution in [0.5, 0.6) is 5.75 Å². The second-order valence-electron chi connectivity index (χ2n) is 9.45. The van der Waals surface area contributed by atoms with Gasteiger partial charge in [0.1, 0.15) is 0 Å². The third-order valence-electron chi connectivity index (χ3n) is 6.77. The molecule has 1 amide bonds. The number of halogens is 4. The van der Waals surface area contributed by atoms with Crippen molar-refractivity contribution in [2.75, 3.05) is 32.5 Å². The fourth-order valence-corrected chi connectivity index (χ4v) is 5.29. The molecule has 12 heteroatoms. The van der Waals surface area contributed by atoms with E-state index in [4.69, 9.17) is 4.74 Å². The molecule has 3 rings (SSSR count). The number of amides is 1. The van der Waals surface area contributed by atoms with Crippen LogP contribution in [0.25, 0.3) is 0 Å². The highest BCUT2D eigenvalue weighted by Gasteiger charge is 2.41. The number of nitrogens with zero attached hydrogens (tertiary/aromatic N) is 2. The quantitative estimate of drug-likeness (QED) is 0.518. The van der Waals surface area contributed by atoms with E-state index >= 15 is 0 Å². The Labute approximate surface area is 203 Å². The number of hydrogen-bond donors (Lipinski definition) is 0. The van der Waals surface area contributed by atoms with E-state index in [0.29, 0.717) is 32.3 Å². The molecule has 2 aliphatic rings. The fraction of sp³-hybridized carbons (Fsp3) is 0.696. The first-order chi connectivity index (χ1) is 16.3. The number of piperazine rings is 1. The summed E-state index contributed by atoms with van der Waals surface area (Å²) < 4.78 is 85.5. The molecule has 7 nitrogen and oxygen atoms in total. The maximum Gasteiger partial charge on any atom is 0.425 e. The summed E-state index contributed by atoms with van der Waals surface area (Å²) >= 11 is 0. The second kappa shape index (κ2) is 10.9. The van der Waals surface area contributed by atoms with Crippen LogP contribution in [0.15, 0.2) is 23.1 Å². The smallest absolute Gasteiger partial charge is 0.425 e. The maximum absolute atomic E-state index is 14.2. The Kier molecular flexibility index (Phi) is 8.56. The van der Waals surface area contributed by atoms with E-state index in [0.717, 1.165) is 44.9 Å². The van der Waals surface area contributed by atoms with Gasteiger partial charge in [-0.3, -0.25) is 4.90 Å². The van der Waals surface area contributed by atoms with Gasteiger partial charge >= 0.3 is 12.3 Å². The molecular weight excluding hydrogens is 492 g/mol. The summed E-state index contributed by atoms with van der Waals surface area (Å²) in [6.45, 7) is 4.26. The molecule has 35 heavy (non-hydrogen) atoms. The number of rotatable bonds is 6. The zero-order chi connectivity index (χ0) is 26.0. The van der Waals surface area contributed by atoms with Crippen LogP contribution >= 0.6 is 0 Å². The topological polar surface area (TPSA) is 76.2 Å². The van der Waals surface area contributed by atoms with Gasteiger partial charge in [-0.05, 0) is 63.6 Å². The maximum atomic E-state index is 14.2. The minimum Gasteiger partial charge on any atom is -0.490 e. The van der Waals surface area contributed by atoms with Gasteiger partial charge in [0.25, 0.3) is 0 Å². The van der Waals surface area contributed by atoms with Gasteiger partial charge < -0.3 is 14.4 Å². The molecule has 1 saturated heterocycles. The van der Waals surface area contributed by atoms with E-state index in [1.807, 2.05) is 6.92 Å². The molecule has 0 unspecified atom stereocenters. The number of carbonyl (C=O) groups is 1. The van der Waals surface area contributed by atoms with Crippen molar-refractivity contribution >= 4 is 15.9 Å². The van der Waals surface area contributed by atoms with E-state index in [9.17, 15) is 30.8 Å². The van der Waals surface area contributed by atoms with Gasteiger partial charge in [0.2, 0.25) is 0 Å². The third kappa shape index (κ3) is 7.22. The van der Waals surface area contributed by atoms with Crippen molar-refractivity contribution < 1.29 is 40.2 Å². The van der Waals surface area contributed by atoms with E-state index in [2.05, 4.69) is 9.64 Å². The second-order valence-corrected chi connectivity index (χ2v) is 11.5. The van der Waals surface area contributed by atoms with Crippen molar-refractivity contribution in [2.45, 2.75) is 68.8 Å². The average molecular weight is 525 g/mol. The van der Waals surface area contributed by atoms with Crippen LogP contribution in [0.3, 0.4) is 0 Å². The molecule has 2 fully saturated rings. The van der Waals surface area contributed by atoms with Gasteiger partial charge in [-0.15, -0.1) is 0 Å². The Hall–Kier alpha value is -2.08. The van der Waals surface area contributed by atoms with Crippen molar-refractivity contribution in [3.8, 4) is 5.75 Å². The van der Waals surface area contributed by atoms with E-state index in [1.165, 1.54) is 17.0 Å². The Morgan fingerprint density at radius 1 is 1.17 bits per heavy atom. The van der Waals surface area contributed by atoms with Crippen LogP contribution in [0.2, 0.25) is 0 Å². The van der Waals surface area contributed by atoms with Gasteiger partial charge in [0, 0.05) is 38.0 Å². The minimum atomic E-state index is -4.59. The molecule has 1 heterocycles. The van der Waals surface area contributed by atoms with Gasteiger partial charge in [0.15, 0.2) is 27.5 Å².